The molecular weight excluding hydrogens is 314 g/mol. The van der Waals surface area contributed by atoms with Gasteiger partial charge in [0.05, 0.1) is 24.2 Å². The van der Waals surface area contributed by atoms with Crippen molar-refractivity contribution < 1.29 is 10.1 Å². The van der Waals surface area contributed by atoms with Gasteiger partial charge in [-0.15, -0.1) is 0 Å². The Hall–Kier alpha value is -0.250. The van der Waals surface area contributed by atoms with Crippen LogP contribution in [0.2, 0.25) is 5.02 Å². The number of quaternary nitrogens is 1. The third-order valence-corrected chi connectivity index (χ3v) is 3.57. The van der Waals surface area contributed by atoms with E-state index in [1.54, 1.807) is 0 Å². The predicted octanol–water partition coefficient (Wildman–Crippen LogP) is 3.63. The van der Waals surface area contributed by atoms with Crippen molar-refractivity contribution in [2.24, 2.45) is 0 Å². The summed E-state index contributed by atoms with van der Waals surface area (Å²) in [7, 11) is 0. The Balaban J connectivity index is 2.07. The Morgan fingerprint density at radius 1 is 1.22 bits per heavy atom. The Morgan fingerprint density at radius 3 is 2.72 bits per heavy atom. The molecule has 1 rings (SSSR count). The molecule has 0 radical (unpaired) electrons. The summed E-state index contributed by atoms with van der Waals surface area (Å²) in [6.45, 7) is 5.44. The number of halogens is 2. The molecule has 1 aromatic carbocycles. The van der Waals surface area contributed by atoms with Gasteiger partial charge in [-0.2, -0.15) is 0 Å². The number of nitrogens with two attached hydrogens (primary N) is 1. The highest BCUT2D eigenvalue weighted by atomic mass is 79.9. The van der Waals surface area contributed by atoms with Crippen molar-refractivity contribution in [1.82, 2.24) is 0 Å². The molecule has 0 bridgehead atoms. The maximum Gasteiger partial charge on any atom is 0.133 e. The van der Waals surface area contributed by atoms with Crippen LogP contribution in [-0.4, -0.2) is 19.7 Å². The lowest BCUT2D eigenvalue weighted by Crippen LogP contribution is -2.84. The fourth-order valence-corrected chi connectivity index (χ4v) is 2.46. The van der Waals surface area contributed by atoms with Crippen molar-refractivity contribution in [3.05, 3.63) is 27.7 Å². The van der Waals surface area contributed by atoms with Gasteiger partial charge >= 0.3 is 0 Å². The quantitative estimate of drug-likeness (QED) is 0.685. The second-order valence-corrected chi connectivity index (χ2v) is 5.64. The van der Waals surface area contributed by atoms with Gasteiger partial charge < -0.3 is 10.1 Å². The van der Waals surface area contributed by atoms with Gasteiger partial charge in [-0.1, -0.05) is 24.9 Å². The summed E-state index contributed by atoms with van der Waals surface area (Å²) in [6, 6.07) is 5.61. The molecule has 2 nitrogen and oxygen atoms in total. The topological polar surface area (TPSA) is 25.8 Å². The van der Waals surface area contributed by atoms with Gasteiger partial charge in [0.15, 0.2) is 0 Å². The highest BCUT2D eigenvalue weighted by Gasteiger charge is 2.01. The molecule has 0 spiro atoms. The number of rotatable bonds is 9. The molecule has 0 aliphatic rings. The van der Waals surface area contributed by atoms with Crippen LogP contribution in [0.5, 0.6) is 5.75 Å². The Bertz CT molecular complexity index is 347. The van der Waals surface area contributed by atoms with E-state index in [9.17, 15) is 0 Å². The average molecular weight is 336 g/mol. The van der Waals surface area contributed by atoms with Gasteiger partial charge in [0.2, 0.25) is 0 Å². The normalized spacial score (nSPS) is 10.6. The minimum Gasteiger partial charge on any atom is -0.492 e. The average Bonchev–Trinajstić information content (AvgIpc) is 2.35. The second-order valence-electron chi connectivity index (χ2n) is 4.35. The monoisotopic (exact) mass is 334 g/mol. The zero-order valence-electron chi connectivity index (χ0n) is 10.9. The van der Waals surface area contributed by atoms with Gasteiger partial charge in [0.1, 0.15) is 5.75 Å². The number of hydrogen-bond acceptors (Lipinski definition) is 1. The second kappa shape index (κ2) is 9.65. The van der Waals surface area contributed by atoms with Crippen LogP contribution < -0.4 is 10.1 Å². The van der Waals surface area contributed by atoms with E-state index < -0.39 is 0 Å². The molecule has 0 saturated carbocycles. The number of benzene rings is 1. The first-order chi connectivity index (χ1) is 8.74. The number of ether oxygens (including phenoxy) is 1. The molecule has 0 aliphatic carbocycles. The highest BCUT2D eigenvalue weighted by molar-refractivity contribution is 9.10. The molecule has 0 amide bonds. The predicted molar refractivity (Wildman–Crippen MR) is 80.4 cm³/mol. The highest BCUT2D eigenvalue weighted by Crippen LogP contribution is 2.27. The van der Waals surface area contributed by atoms with Gasteiger partial charge in [-0.05, 0) is 53.4 Å². The van der Waals surface area contributed by atoms with Gasteiger partial charge in [0.25, 0.3) is 0 Å². The minimum atomic E-state index is 0.722. The molecular formula is C14H22BrClNO+. The Kier molecular flexibility index (Phi) is 8.47. The molecule has 0 saturated heterocycles. The molecule has 0 heterocycles. The lowest BCUT2D eigenvalue weighted by atomic mass is 10.3. The smallest absolute Gasteiger partial charge is 0.133 e. The Labute approximate surface area is 123 Å². The SMILES string of the molecule is CCCC[NH2+]CCCCOc1ccc(Cl)cc1Br. The summed E-state index contributed by atoms with van der Waals surface area (Å²) < 4.78 is 6.62. The molecule has 1 aromatic rings. The van der Waals surface area contributed by atoms with E-state index in [4.69, 9.17) is 16.3 Å². The first-order valence-corrected chi connectivity index (χ1v) is 7.80. The molecule has 0 fully saturated rings. The molecule has 4 heteroatoms. The van der Waals surface area contributed by atoms with Crippen molar-refractivity contribution >= 4 is 27.5 Å². The van der Waals surface area contributed by atoms with Crippen molar-refractivity contribution in [2.45, 2.75) is 32.6 Å². The van der Waals surface area contributed by atoms with Crippen LogP contribution in [0.1, 0.15) is 32.6 Å². The van der Waals surface area contributed by atoms with E-state index in [0.717, 1.165) is 28.3 Å². The van der Waals surface area contributed by atoms with Crippen LogP contribution in [0.3, 0.4) is 0 Å². The van der Waals surface area contributed by atoms with Crippen LogP contribution in [-0.2, 0) is 0 Å². The molecule has 2 N–H and O–H groups in total. The van der Waals surface area contributed by atoms with E-state index in [-0.39, 0.29) is 0 Å². The summed E-state index contributed by atoms with van der Waals surface area (Å²) in [6.07, 6.45) is 4.89. The van der Waals surface area contributed by atoms with Crippen molar-refractivity contribution in [3.63, 3.8) is 0 Å². The van der Waals surface area contributed by atoms with Crippen molar-refractivity contribution in [2.75, 3.05) is 19.7 Å². The molecule has 102 valence electrons. The van der Waals surface area contributed by atoms with E-state index in [0.29, 0.717) is 0 Å². The van der Waals surface area contributed by atoms with Crippen molar-refractivity contribution in [3.8, 4) is 5.75 Å². The lowest BCUT2D eigenvalue weighted by molar-refractivity contribution is -0.655. The molecule has 18 heavy (non-hydrogen) atoms. The van der Waals surface area contributed by atoms with Gasteiger partial charge in [0, 0.05) is 5.02 Å². The van der Waals surface area contributed by atoms with Crippen molar-refractivity contribution in [1.29, 1.82) is 0 Å². The fraction of sp³-hybridized carbons (Fsp3) is 0.571. The van der Waals surface area contributed by atoms with Crippen LogP contribution in [0.25, 0.3) is 0 Å². The number of hydrogen-bond donors (Lipinski definition) is 1. The zero-order chi connectivity index (χ0) is 13.2. The fourth-order valence-electron chi connectivity index (χ4n) is 1.66. The summed E-state index contributed by atoms with van der Waals surface area (Å²) in [4.78, 5) is 0. The maximum absolute atomic E-state index is 5.87. The van der Waals surface area contributed by atoms with Gasteiger partial charge in [-0.3, -0.25) is 0 Å². The van der Waals surface area contributed by atoms with E-state index in [1.165, 1.54) is 32.4 Å². The maximum atomic E-state index is 5.87. The third-order valence-electron chi connectivity index (χ3n) is 2.72. The van der Waals surface area contributed by atoms with Crippen LogP contribution in [0, 0.1) is 0 Å². The summed E-state index contributed by atoms with van der Waals surface area (Å²) in [5.74, 6) is 0.870. The molecule has 0 unspecified atom stereocenters. The standard InChI is InChI=1S/C14H21BrClNO/c1-2-3-8-17-9-4-5-10-18-14-7-6-12(16)11-13(14)15/h6-7,11,17H,2-5,8-10H2,1H3/p+1. The number of unbranched alkanes of at least 4 members (excludes halogenated alkanes) is 2. The van der Waals surface area contributed by atoms with Gasteiger partial charge in [-0.25, -0.2) is 0 Å². The van der Waals surface area contributed by atoms with E-state index in [1.807, 2.05) is 18.2 Å². The lowest BCUT2D eigenvalue weighted by Gasteiger charge is -2.08. The van der Waals surface area contributed by atoms with E-state index >= 15 is 0 Å². The molecule has 0 atom stereocenters. The third kappa shape index (κ3) is 6.62. The summed E-state index contributed by atoms with van der Waals surface area (Å²) in [5, 5.41) is 3.11. The largest absolute Gasteiger partial charge is 0.492 e. The molecule has 0 aromatic heterocycles. The summed E-state index contributed by atoms with van der Waals surface area (Å²) in [5.41, 5.74) is 0. The minimum absolute atomic E-state index is 0.722. The first kappa shape index (κ1) is 15.8. The van der Waals surface area contributed by atoms with E-state index in [2.05, 4.69) is 28.2 Å². The van der Waals surface area contributed by atoms with Crippen LogP contribution >= 0.6 is 27.5 Å². The summed E-state index contributed by atoms with van der Waals surface area (Å²) >= 11 is 9.31. The Morgan fingerprint density at radius 2 is 2.00 bits per heavy atom. The first-order valence-electron chi connectivity index (χ1n) is 6.63. The zero-order valence-corrected chi connectivity index (χ0v) is 13.3. The van der Waals surface area contributed by atoms with Crippen LogP contribution in [0.4, 0.5) is 0 Å². The van der Waals surface area contributed by atoms with Crippen LogP contribution in [0.15, 0.2) is 22.7 Å². The molecule has 0 aliphatic heterocycles.